The summed E-state index contributed by atoms with van der Waals surface area (Å²) in [4.78, 5) is 16.0. The largest absolute Gasteiger partial charge is 0.519 e. The first kappa shape index (κ1) is 33.1. The molecular formula is C38H43N4OZn-. The quantitative estimate of drug-likeness (QED) is 0.0845. The number of aromatic amines is 2. The number of rotatable bonds is 11. The van der Waals surface area contributed by atoms with E-state index in [0.717, 1.165) is 63.1 Å². The second-order valence-corrected chi connectivity index (χ2v) is 11.3. The van der Waals surface area contributed by atoms with Crippen LogP contribution < -0.4 is 4.74 Å². The molecule has 44 heavy (non-hydrogen) atoms. The zero-order valence-corrected chi connectivity index (χ0v) is 29.2. The minimum absolute atomic E-state index is 0. The number of unbranched alkanes of at least 4 members (excludes halogenated alkanes) is 4. The fraction of sp³-hybridized carbons (Fsp3) is 0.316. The van der Waals surface area contributed by atoms with Crippen molar-refractivity contribution < 1.29 is 24.2 Å². The summed E-state index contributed by atoms with van der Waals surface area (Å²) in [5.41, 5.74) is 7.86. The monoisotopic (exact) mass is 635 g/mol. The van der Waals surface area contributed by atoms with Crippen molar-refractivity contribution in [3.63, 3.8) is 0 Å². The number of nitrogens with one attached hydrogen (secondary N) is 2. The third-order valence-corrected chi connectivity index (χ3v) is 7.65. The molecule has 0 fully saturated rings. The Morgan fingerprint density at radius 2 is 1.11 bits per heavy atom. The second kappa shape index (κ2) is 17.5. The summed E-state index contributed by atoms with van der Waals surface area (Å²) >= 11 is 0. The van der Waals surface area contributed by atoms with Crippen LogP contribution in [0.3, 0.4) is 0 Å². The average Bonchev–Trinajstić information content (AvgIpc) is 3.84. The van der Waals surface area contributed by atoms with Crippen LogP contribution in [0.2, 0.25) is 0 Å². The Balaban J connectivity index is 0.000000203. The van der Waals surface area contributed by atoms with E-state index in [0.29, 0.717) is 0 Å². The summed E-state index contributed by atoms with van der Waals surface area (Å²) in [6.45, 7) is 5.41. The number of nitrogens with zero attached hydrogens (tertiary/aromatic N) is 2. The molecule has 1 aromatic carbocycles. The Kier molecular flexibility index (Phi) is 13.2. The number of benzene rings is 1. The van der Waals surface area contributed by atoms with E-state index in [1.165, 1.54) is 51.4 Å². The van der Waals surface area contributed by atoms with Gasteiger partial charge in [0.25, 0.3) is 0 Å². The molecule has 3 aromatic heterocycles. The van der Waals surface area contributed by atoms with Gasteiger partial charge in [0, 0.05) is 47.3 Å². The molecular weight excluding hydrogens is 594 g/mol. The SMILES string of the molecule is C1=Cc2cc3ccc(cc4ccc(cc5nc(cc1n2)C=C5)[nH]4)[nH]3.CCCCCCC(CCCC)COc1cc[c-]cc1.[Zn]. The number of fused-ring (bicyclic) bond motifs is 8. The van der Waals surface area contributed by atoms with E-state index >= 15 is 0 Å². The molecule has 224 valence electrons. The van der Waals surface area contributed by atoms with Gasteiger partial charge < -0.3 is 14.7 Å². The molecule has 2 aliphatic rings. The van der Waals surface area contributed by atoms with Gasteiger partial charge in [0.1, 0.15) is 0 Å². The maximum absolute atomic E-state index is 5.90. The van der Waals surface area contributed by atoms with Crippen molar-refractivity contribution in [3.05, 3.63) is 102 Å². The third-order valence-electron chi connectivity index (χ3n) is 7.65. The molecule has 6 rings (SSSR count). The molecule has 2 N–H and O–H groups in total. The first-order chi connectivity index (χ1) is 21.2. The Morgan fingerprint density at radius 3 is 1.66 bits per heavy atom. The van der Waals surface area contributed by atoms with E-state index in [-0.39, 0.29) is 19.5 Å². The summed E-state index contributed by atoms with van der Waals surface area (Å²) in [5, 5.41) is 0. The average molecular weight is 637 g/mol. The van der Waals surface area contributed by atoms with Crippen LogP contribution in [0.25, 0.3) is 46.4 Å². The molecule has 1 unspecified atom stereocenters. The Labute approximate surface area is 274 Å². The summed E-state index contributed by atoms with van der Waals surface area (Å²) in [6.07, 6.45) is 18.7. The van der Waals surface area contributed by atoms with Gasteiger partial charge in [0.05, 0.1) is 29.4 Å². The first-order valence-electron chi connectivity index (χ1n) is 15.8. The van der Waals surface area contributed by atoms with Crippen molar-refractivity contribution >= 4 is 46.4 Å². The van der Waals surface area contributed by atoms with Crippen LogP contribution in [0.1, 0.15) is 88.0 Å². The van der Waals surface area contributed by atoms with E-state index in [1.807, 2.05) is 66.8 Å². The van der Waals surface area contributed by atoms with Gasteiger partial charge in [-0.25, -0.2) is 9.97 Å². The second-order valence-electron chi connectivity index (χ2n) is 11.3. The van der Waals surface area contributed by atoms with Crippen LogP contribution in [-0.4, -0.2) is 26.5 Å². The smallest absolute Gasteiger partial charge is 0.0878 e. The van der Waals surface area contributed by atoms with E-state index in [4.69, 9.17) is 4.74 Å². The molecule has 0 aliphatic carbocycles. The van der Waals surface area contributed by atoms with Crippen LogP contribution in [0.15, 0.2) is 72.8 Å². The molecule has 0 spiro atoms. The zero-order valence-electron chi connectivity index (χ0n) is 26.2. The Hall–Kier alpha value is -3.76. The molecule has 1 atom stereocenters. The van der Waals surface area contributed by atoms with Crippen LogP contribution in [0.5, 0.6) is 5.75 Å². The van der Waals surface area contributed by atoms with Gasteiger partial charge in [-0.15, -0.1) is 12.1 Å². The van der Waals surface area contributed by atoms with Crippen molar-refractivity contribution in [3.8, 4) is 5.75 Å². The van der Waals surface area contributed by atoms with E-state index < -0.39 is 0 Å². The number of hydrogen-bond acceptors (Lipinski definition) is 3. The predicted octanol–water partition coefficient (Wildman–Crippen LogP) is 10.3. The molecule has 5 nitrogen and oxygen atoms in total. The number of hydrogen-bond donors (Lipinski definition) is 2. The van der Waals surface area contributed by atoms with Gasteiger partial charge >= 0.3 is 0 Å². The van der Waals surface area contributed by atoms with Crippen molar-refractivity contribution in [1.29, 1.82) is 0 Å². The summed E-state index contributed by atoms with van der Waals surface area (Å²) < 4.78 is 5.90. The molecule has 5 heterocycles. The molecule has 0 amide bonds. The Morgan fingerprint density at radius 1 is 0.614 bits per heavy atom. The standard InChI is InChI=1S/C20H14N4.C18H29O.Zn/c1-2-14-10-16-5-6-18(23-16)12-20-8-7-19(24-20)11-17-4-3-15(22-17)9-13(1)21-14;1-3-5-7-9-13-17(12-6-4-2)16-19-18-14-10-8-11-15-18;/h1-12,21-22H;10-11,14-15,17H,3-7,9,12-13,16H2,1-2H3;/q;-1;. The molecule has 0 saturated carbocycles. The van der Waals surface area contributed by atoms with Gasteiger partial charge in [-0.1, -0.05) is 52.4 Å². The van der Waals surface area contributed by atoms with Crippen molar-refractivity contribution in [2.24, 2.45) is 5.92 Å². The Bertz CT molecular complexity index is 1580. The molecule has 4 aromatic rings. The third kappa shape index (κ3) is 10.5. The maximum atomic E-state index is 5.90. The number of ether oxygens (including phenoxy) is 1. The number of H-pyrrole nitrogens is 2. The van der Waals surface area contributed by atoms with Gasteiger partial charge in [-0.2, -0.15) is 18.2 Å². The van der Waals surface area contributed by atoms with Crippen molar-refractivity contribution in [1.82, 2.24) is 19.9 Å². The molecule has 0 radical (unpaired) electrons. The van der Waals surface area contributed by atoms with Crippen molar-refractivity contribution in [2.45, 2.75) is 65.2 Å². The first-order valence-corrected chi connectivity index (χ1v) is 15.8. The summed E-state index contributed by atoms with van der Waals surface area (Å²) in [6, 6.07) is 27.2. The van der Waals surface area contributed by atoms with Gasteiger partial charge in [-0.3, -0.25) is 0 Å². The van der Waals surface area contributed by atoms with Crippen LogP contribution in [0.4, 0.5) is 0 Å². The molecule has 6 heteroatoms. The molecule has 0 saturated heterocycles. The van der Waals surface area contributed by atoms with Gasteiger partial charge in [0.15, 0.2) is 0 Å². The van der Waals surface area contributed by atoms with Gasteiger partial charge in [0.2, 0.25) is 0 Å². The molecule has 2 aliphatic heterocycles. The maximum Gasteiger partial charge on any atom is 0.0878 e. The van der Waals surface area contributed by atoms with Crippen LogP contribution >= 0.6 is 0 Å². The van der Waals surface area contributed by atoms with Crippen LogP contribution in [0, 0.1) is 12.0 Å². The van der Waals surface area contributed by atoms with E-state index in [9.17, 15) is 0 Å². The summed E-state index contributed by atoms with van der Waals surface area (Å²) in [5.74, 6) is 1.70. The molecule has 8 bridgehead atoms. The number of aromatic nitrogens is 4. The van der Waals surface area contributed by atoms with E-state index in [2.05, 4.69) is 70.2 Å². The zero-order chi connectivity index (χ0) is 29.7. The van der Waals surface area contributed by atoms with Gasteiger partial charge in [-0.05, 0) is 91.6 Å². The fourth-order valence-corrected chi connectivity index (χ4v) is 5.29. The fourth-order valence-electron chi connectivity index (χ4n) is 5.29. The van der Waals surface area contributed by atoms with E-state index in [1.54, 1.807) is 0 Å². The van der Waals surface area contributed by atoms with Crippen molar-refractivity contribution in [2.75, 3.05) is 6.61 Å². The predicted molar refractivity (Wildman–Crippen MR) is 181 cm³/mol. The minimum Gasteiger partial charge on any atom is -0.519 e. The topological polar surface area (TPSA) is 66.6 Å². The van der Waals surface area contributed by atoms with Crippen LogP contribution in [-0.2, 0) is 19.5 Å². The normalized spacial score (nSPS) is 12.2. The summed E-state index contributed by atoms with van der Waals surface area (Å²) in [7, 11) is 0. The minimum atomic E-state index is 0.